The maximum Gasteiger partial charge on any atom is 0.168 e. The normalized spacial score (nSPS) is 13.4. The van der Waals surface area contributed by atoms with E-state index in [0.717, 1.165) is 40.8 Å². The molecule has 0 aliphatic carbocycles. The van der Waals surface area contributed by atoms with Gasteiger partial charge >= 0.3 is 0 Å². The molecule has 0 radical (unpaired) electrons. The molecule has 0 atom stereocenters. The van der Waals surface area contributed by atoms with Gasteiger partial charge in [0.2, 0.25) is 0 Å². The van der Waals surface area contributed by atoms with Crippen molar-refractivity contribution in [2.75, 3.05) is 0 Å². The lowest BCUT2D eigenvalue weighted by Gasteiger charge is -2.16. The zero-order chi connectivity index (χ0) is 19.8. The first-order valence-corrected chi connectivity index (χ1v) is 9.89. The van der Waals surface area contributed by atoms with Crippen LogP contribution in [-0.4, -0.2) is 20.3 Å². The molecule has 144 valence electrons. The lowest BCUT2D eigenvalue weighted by atomic mass is 10.0. The van der Waals surface area contributed by atoms with Crippen molar-refractivity contribution in [3.8, 4) is 11.3 Å². The van der Waals surface area contributed by atoms with Gasteiger partial charge in [-0.2, -0.15) is 0 Å². The smallest absolute Gasteiger partial charge is 0.168 e. The van der Waals surface area contributed by atoms with Crippen molar-refractivity contribution < 1.29 is 9.18 Å². The summed E-state index contributed by atoms with van der Waals surface area (Å²) in [7, 11) is 0. The number of aryl methyl sites for hydroxylation is 1. The molecule has 0 saturated carbocycles. The van der Waals surface area contributed by atoms with Crippen molar-refractivity contribution in [1.29, 1.82) is 0 Å². The van der Waals surface area contributed by atoms with Crippen LogP contribution >= 0.6 is 0 Å². The number of rotatable bonds is 4. The lowest BCUT2D eigenvalue weighted by molar-refractivity contribution is 0.0992. The van der Waals surface area contributed by atoms with E-state index in [2.05, 4.69) is 32.7 Å². The van der Waals surface area contributed by atoms with Gasteiger partial charge in [0.1, 0.15) is 11.6 Å². The zero-order valence-corrected chi connectivity index (χ0v) is 15.9. The fraction of sp³-hybridized carbons (Fsp3) is 0.208. The third-order valence-electron chi connectivity index (χ3n) is 5.55. The molecule has 0 N–H and O–H groups in total. The maximum absolute atomic E-state index is 13.1. The third-order valence-corrected chi connectivity index (χ3v) is 5.55. The summed E-state index contributed by atoms with van der Waals surface area (Å²) in [6.45, 7) is 1.01. The molecule has 0 bridgehead atoms. The van der Waals surface area contributed by atoms with Crippen LogP contribution in [0.2, 0.25) is 0 Å². The Hall–Kier alpha value is -3.34. The summed E-state index contributed by atoms with van der Waals surface area (Å²) < 4.78 is 15.4. The second-order valence-electron chi connectivity index (χ2n) is 7.51. The van der Waals surface area contributed by atoms with Crippen LogP contribution in [0.4, 0.5) is 4.39 Å². The molecule has 5 heteroatoms. The van der Waals surface area contributed by atoms with Gasteiger partial charge in [0.25, 0.3) is 0 Å². The van der Waals surface area contributed by atoms with Gasteiger partial charge in [-0.05, 0) is 54.6 Å². The minimum Gasteiger partial charge on any atom is -0.328 e. The molecular weight excluding hydrogens is 365 g/mol. The summed E-state index contributed by atoms with van der Waals surface area (Å²) in [5, 5.41) is 2.08. The first-order valence-electron chi connectivity index (χ1n) is 9.89. The van der Waals surface area contributed by atoms with E-state index < -0.39 is 0 Å². The van der Waals surface area contributed by atoms with E-state index in [0.29, 0.717) is 11.3 Å². The van der Waals surface area contributed by atoms with Crippen LogP contribution in [-0.2, 0) is 19.4 Å². The molecule has 0 amide bonds. The third kappa shape index (κ3) is 3.44. The van der Waals surface area contributed by atoms with Crippen molar-refractivity contribution in [3.63, 3.8) is 0 Å². The molecule has 3 heterocycles. The van der Waals surface area contributed by atoms with Crippen molar-refractivity contribution in [1.82, 2.24) is 14.5 Å². The Bertz CT molecular complexity index is 1210. The predicted molar refractivity (Wildman–Crippen MR) is 110 cm³/mol. The number of benzene rings is 2. The topological polar surface area (TPSA) is 47.8 Å². The van der Waals surface area contributed by atoms with Crippen LogP contribution in [0.15, 0.2) is 60.9 Å². The number of fused-ring (bicyclic) bond motifs is 2. The molecule has 1 aliphatic rings. The Kier molecular flexibility index (Phi) is 4.43. The van der Waals surface area contributed by atoms with Gasteiger partial charge in [-0.3, -0.25) is 9.78 Å². The van der Waals surface area contributed by atoms with Crippen LogP contribution in [0.5, 0.6) is 0 Å². The van der Waals surface area contributed by atoms with Crippen molar-refractivity contribution in [2.24, 2.45) is 0 Å². The Balaban J connectivity index is 1.46. The van der Waals surface area contributed by atoms with E-state index in [1.807, 2.05) is 12.3 Å². The zero-order valence-electron chi connectivity index (χ0n) is 15.9. The molecule has 4 aromatic rings. The van der Waals surface area contributed by atoms with Gasteiger partial charge in [-0.1, -0.05) is 12.1 Å². The number of Topliss-reactive ketones (excluding diaryl/α,β-unsaturated/α-hetero) is 1. The number of pyridine rings is 1. The van der Waals surface area contributed by atoms with E-state index >= 15 is 0 Å². The number of carbonyl (C=O) groups is 1. The van der Waals surface area contributed by atoms with Gasteiger partial charge in [0.15, 0.2) is 5.78 Å². The first kappa shape index (κ1) is 17.7. The number of ketones is 1. The van der Waals surface area contributed by atoms with Crippen LogP contribution in [0.25, 0.3) is 22.0 Å². The fourth-order valence-electron chi connectivity index (χ4n) is 3.99. The summed E-state index contributed by atoms with van der Waals surface area (Å²) in [6, 6.07) is 13.9. The van der Waals surface area contributed by atoms with Gasteiger partial charge < -0.3 is 4.57 Å². The Morgan fingerprint density at radius 2 is 1.83 bits per heavy atom. The highest BCUT2D eigenvalue weighted by Gasteiger charge is 2.15. The maximum atomic E-state index is 13.1. The fourth-order valence-corrected chi connectivity index (χ4v) is 3.99. The number of carbonyl (C=O) groups excluding carboxylic acids is 1. The Morgan fingerprint density at radius 1 is 0.966 bits per heavy atom. The van der Waals surface area contributed by atoms with Gasteiger partial charge in [0, 0.05) is 41.4 Å². The molecule has 29 heavy (non-hydrogen) atoms. The largest absolute Gasteiger partial charge is 0.328 e. The summed E-state index contributed by atoms with van der Waals surface area (Å²) >= 11 is 0. The minimum absolute atomic E-state index is 0.0714. The molecule has 0 saturated heterocycles. The van der Waals surface area contributed by atoms with Gasteiger partial charge in [-0.25, -0.2) is 9.37 Å². The van der Waals surface area contributed by atoms with Crippen molar-refractivity contribution in [2.45, 2.75) is 32.2 Å². The number of imidazole rings is 1. The highest BCUT2D eigenvalue weighted by molar-refractivity contribution is 5.97. The number of nitrogens with zero attached hydrogens (tertiary/aromatic N) is 3. The number of halogens is 1. The SMILES string of the molecule is O=C(Cc1cc2cc(-c3cnc4n3CCCC4)ccc2cn1)c1ccc(F)cc1. The number of aromatic nitrogens is 3. The molecule has 5 rings (SSSR count). The highest BCUT2D eigenvalue weighted by atomic mass is 19.1. The summed E-state index contributed by atoms with van der Waals surface area (Å²) in [4.78, 5) is 21.5. The van der Waals surface area contributed by atoms with Crippen LogP contribution < -0.4 is 0 Å². The molecule has 2 aromatic carbocycles. The van der Waals surface area contributed by atoms with Crippen molar-refractivity contribution in [3.05, 3.63) is 83.8 Å². The molecular formula is C24H20FN3O. The van der Waals surface area contributed by atoms with Gasteiger partial charge in [0.05, 0.1) is 18.3 Å². The average molecular weight is 385 g/mol. The van der Waals surface area contributed by atoms with E-state index in [9.17, 15) is 9.18 Å². The minimum atomic E-state index is -0.347. The molecule has 2 aromatic heterocycles. The van der Waals surface area contributed by atoms with E-state index in [4.69, 9.17) is 0 Å². The van der Waals surface area contributed by atoms with Crippen LogP contribution in [0.1, 0.15) is 34.7 Å². The lowest BCUT2D eigenvalue weighted by Crippen LogP contribution is -2.11. The number of hydrogen-bond acceptors (Lipinski definition) is 3. The standard InChI is InChI=1S/C24H20FN3O/c25-20-8-6-16(7-9-20)23(29)13-21-12-19-11-17(4-5-18(19)14-26-21)22-15-27-24-3-1-2-10-28(22)24/h4-9,11-12,14-15H,1-3,10,13H2. The van der Waals surface area contributed by atoms with E-state index in [-0.39, 0.29) is 18.0 Å². The Labute approximate surface area is 168 Å². The summed E-state index contributed by atoms with van der Waals surface area (Å²) in [6.07, 6.45) is 7.37. The molecule has 0 fully saturated rings. The summed E-state index contributed by atoms with van der Waals surface area (Å²) in [5.74, 6) is 0.740. The Morgan fingerprint density at radius 3 is 2.69 bits per heavy atom. The van der Waals surface area contributed by atoms with Crippen molar-refractivity contribution >= 4 is 16.6 Å². The molecule has 4 nitrogen and oxygen atoms in total. The monoisotopic (exact) mass is 385 g/mol. The van der Waals surface area contributed by atoms with Gasteiger partial charge in [-0.15, -0.1) is 0 Å². The first-order chi connectivity index (χ1) is 14.2. The van der Waals surface area contributed by atoms with Crippen LogP contribution in [0, 0.1) is 5.82 Å². The highest BCUT2D eigenvalue weighted by Crippen LogP contribution is 2.28. The van der Waals surface area contributed by atoms with E-state index in [1.54, 1.807) is 6.20 Å². The molecule has 0 unspecified atom stereocenters. The predicted octanol–water partition coefficient (Wildman–Crippen LogP) is 5.00. The number of hydrogen-bond donors (Lipinski definition) is 0. The molecule has 0 spiro atoms. The molecule has 1 aliphatic heterocycles. The average Bonchev–Trinajstić information content (AvgIpc) is 3.18. The summed E-state index contributed by atoms with van der Waals surface area (Å²) in [5.41, 5.74) is 3.47. The quantitative estimate of drug-likeness (QED) is 0.465. The van der Waals surface area contributed by atoms with E-state index in [1.165, 1.54) is 37.1 Å². The van der Waals surface area contributed by atoms with Crippen LogP contribution in [0.3, 0.4) is 0 Å². The second-order valence-corrected chi connectivity index (χ2v) is 7.51. The second kappa shape index (κ2) is 7.24.